The molecule has 438 valence electrons. The minimum atomic E-state index is -0.784. The molecule has 0 aromatic rings. The molecule has 0 aliphatic rings. The van der Waals surface area contributed by atoms with E-state index in [-0.39, 0.29) is 31.1 Å². The average molecular weight is 1060 g/mol. The first-order chi connectivity index (χ1) is 37.5. The van der Waals surface area contributed by atoms with Gasteiger partial charge in [-0.15, -0.1) is 0 Å². The van der Waals surface area contributed by atoms with E-state index in [1.54, 1.807) is 0 Å². The van der Waals surface area contributed by atoms with E-state index in [4.69, 9.17) is 14.2 Å². The molecular weight excluding hydrogens is 937 g/mol. The Balaban J connectivity index is 4.33. The predicted octanol–water partition coefficient (Wildman–Crippen LogP) is 22.3. The molecule has 6 heteroatoms. The van der Waals surface area contributed by atoms with Crippen LogP contribution in [-0.4, -0.2) is 37.2 Å². The first kappa shape index (κ1) is 72.6. The number of ether oxygens (including phenoxy) is 3. The maximum atomic E-state index is 12.9. The summed E-state index contributed by atoms with van der Waals surface area (Å²) in [5, 5.41) is 0. The number of hydrogen-bond acceptors (Lipinski definition) is 6. The molecule has 0 aliphatic carbocycles. The maximum Gasteiger partial charge on any atom is 0.306 e. The van der Waals surface area contributed by atoms with Crippen molar-refractivity contribution in [2.75, 3.05) is 13.2 Å². The van der Waals surface area contributed by atoms with Crippen LogP contribution < -0.4 is 0 Å². The van der Waals surface area contributed by atoms with E-state index in [9.17, 15) is 14.4 Å². The van der Waals surface area contributed by atoms with Gasteiger partial charge < -0.3 is 14.2 Å². The Hall–Kier alpha value is -3.41. The van der Waals surface area contributed by atoms with Crippen LogP contribution in [0.4, 0.5) is 0 Å². The predicted molar refractivity (Wildman–Crippen MR) is 330 cm³/mol. The third kappa shape index (κ3) is 61.4. The lowest BCUT2D eigenvalue weighted by atomic mass is 10.0. The molecule has 0 saturated heterocycles. The van der Waals surface area contributed by atoms with Crippen molar-refractivity contribution in [3.05, 3.63) is 85.1 Å². The Morgan fingerprint density at radius 1 is 0.276 bits per heavy atom. The van der Waals surface area contributed by atoms with Crippen molar-refractivity contribution in [2.45, 2.75) is 329 Å². The van der Waals surface area contributed by atoms with Gasteiger partial charge in [-0.3, -0.25) is 14.4 Å². The molecular formula is C70H122O6. The third-order valence-corrected chi connectivity index (χ3v) is 14.1. The van der Waals surface area contributed by atoms with Crippen LogP contribution >= 0.6 is 0 Å². The van der Waals surface area contributed by atoms with Crippen molar-refractivity contribution in [1.82, 2.24) is 0 Å². The van der Waals surface area contributed by atoms with Gasteiger partial charge in [0.25, 0.3) is 0 Å². The van der Waals surface area contributed by atoms with Crippen molar-refractivity contribution in [3.63, 3.8) is 0 Å². The Labute approximate surface area is 471 Å². The Kier molecular flexibility index (Phi) is 61.2. The van der Waals surface area contributed by atoms with Crippen molar-refractivity contribution in [3.8, 4) is 0 Å². The zero-order valence-corrected chi connectivity index (χ0v) is 50.3. The van der Waals surface area contributed by atoms with Crippen LogP contribution in [0.2, 0.25) is 0 Å². The number of rotatable bonds is 59. The summed E-state index contributed by atoms with van der Waals surface area (Å²) in [6.07, 6.45) is 84.4. The first-order valence-corrected chi connectivity index (χ1v) is 32.6. The molecule has 1 unspecified atom stereocenters. The summed E-state index contributed by atoms with van der Waals surface area (Å²) in [6.45, 7) is 6.55. The molecule has 0 spiro atoms. The summed E-state index contributed by atoms with van der Waals surface area (Å²) in [4.78, 5) is 38.3. The highest BCUT2D eigenvalue weighted by molar-refractivity contribution is 5.71. The van der Waals surface area contributed by atoms with Gasteiger partial charge in [0.05, 0.1) is 0 Å². The van der Waals surface area contributed by atoms with Crippen molar-refractivity contribution in [2.24, 2.45) is 0 Å². The molecule has 0 N–H and O–H groups in total. The van der Waals surface area contributed by atoms with Gasteiger partial charge in [0.15, 0.2) is 6.10 Å². The van der Waals surface area contributed by atoms with E-state index in [1.165, 1.54) is 167 Å². The lowest BCUT2D eigenvalue weighted by molar-refractivity contribution is -0.167. The van der Waals surface area contributed by atoms with Crippen LogP contribution in [0, 0.1) is 0 Å². The molecule has 0 aliphatic heterocycles. The summed E-state index contributed by atoms with van der Waals surface area (Å²) >= 11 is 0. The maximum absolute atomic E-state index is 12.9. The standard InChI is InChI=1S/C70H122O6/c1-4-7-10-13-16-19-22-25-28-30-31-32-33-34-35-36-37-38-39-40-43-45-48-51-54-57-60-63-69(72)75-66-67(65-74-68(71)62-59-56-53-50-47-44-41-27-24-21-18-15-12-9-6-3)76-70(73)64-61-58-55-52-49-46-42-29-26-23-20-17-14-11-8-5-2/h7,10,16,19,25,28-29,31-32,34-35,37-38,42,67H,4-6,8-9,11-15,17-18,20-24,26-27,30,33,36,39-41,43-66H2,1-3H3/b10-7-,19-16-,28-25-,32-31-,35-34-,38-37-,42-29-. The van der Waals surface area contributed by atoms with Gasteiger partial charge in [0.1, 0.15) is 13.2 Å². The molecule has 0 bridgehead atoms. The number of allylic oxidation sites excluding steroid dienone is 14. The molecule has 1 atom stereocenters. The minimum Gasteiger partial charge on any atom is -0.462 e. The van der Waals surface area contributed by atoms with Gasteiger partial charge in [-0.25, -0.2) is 0 Å². The molecule has 6 nitrogen and oxygen atoms in total. The topological polar surface area (TPSA) is 78.9 Å². The molecule has 0 fully saturated rings. The fraction of sp³-hybridized carbons (Fsp3) is 0.757. The second kappa shape index (κ2) is 64.1. The van der Waals surface area contributed by atoms with E-state index in [1.807, 2.05) is 0 Å². The molecule has 0 heterocycles. The molecule has 0 aromatic heterocycles. The number of carbonyl (C=O) groups is 3. The summed E-state index contributed by atoms with van der Waals surface area (Å²) in [5.74, 6) is -0.881. The monoisotopic (exact) mass is 1060 g/mol. The van der Waals surface area contributed by atoms with Gasteiger partial charge in [0.2, 0.25) is 0 Å². The number of carbonyl (C=O) groups excluding carboxylic acids is 3. The van der Waals surface area contributed by atoms with Crippen LogP contribution in [0.5, 0.6) is 0 Å². The number of esters is 3. The van der Waals surface area contributed by atoms with Gasteiger partial charge in [0, 0.05) is 19.3 Å². The summed E-state index contributed by atoms with van der Waals surface area (Å²) in [6, 6.07) is 0. The highest BCUT2D eigenvalue weighted by atomic mass is 16.6. The Morgan fingerprint density at radius 2 is 0.513 bits per heavy atom. The third-order valence-electron chi connectivity index (χ3n) is 14.1. The minimum absolute atomic E-state index is 0.0789. The van der Waals surface area contributed by atoms with E-state index >= 15 is 0 Å². The highest BCUT2D eigenvalue weighted by Crippen LogP contribution is 2.16. The Morgan fingerprint density at radius 3 is 0.816 bits per heavy atom. The fourth-order valence-electron chi connectivity index (χ4n) is 9.27. The van der Waals surface area contributed by atoms with Crippen LogP contribution in [0.1, 0.15) is 323 Å². The van der Waals surface area contributed by atoms with E-state index in [0.717, 1.165) is 116 Å². The molecule has 0 rings (SSSR count). The van der Waals surface area contributed by atoms with Crippen LogP contribution in [-0.2, 0) is 28.6 Å². The molecule has 76 heavy (non-hydrogen) atoms. The highest BCUT2D eigenvalue weighted by Gasteiger charge is 2.19. The van der Waals surface area contributed by atoms with Crippen LogP contribution in [0.3, 0.4) is 0 Å². The van der Waals surface area contributed by atoms with Gasteiger partial charge in [-0.1, -0.05) is 292 Å². The molecule has 0 saturated carbocycles. The van der Waals surface area contributed by atoms with Gasteiger partial charge >= 0.3 is 17.9 Å². The average Bonchev–Trinajstić information content (AvgIpc) is 3.42. The number of hydrogen-bond donors (Lipinski definition) is 0. The van der Waals surface area contributed by atoms with E-state index in [2.05, 4.69) is 106 Å². The largest absolute Gasteiger partial charge is 0.462 e. The second-order valence-corrected chi connectivity index (χ2v) is 21.6. The number of unbranched alkanes of at least 4 members (excludes halogenated alkanes) is 34. The summed E-state index contributed by atoms with van der Waals surface area (Å²) < 4.78 is 16.9. The SMILES string of the molecule is CC/C=C\C/C=C\C/C=C\C/C=C\C/C=C\C/C=C\CCCCCCCCCCC(=O)OCC(COC(=O)CCCCCCCCCCCCCCCCC)OC(=O)CCCCCCC/C=C\CCCCCCCCC. The van der Waals surface area contributed by atoms with Gasteiger partial charge in [-0.2, -0.15) is 0 Å². The normalized spacial score (nSPS) is 12.6. The zero-order chi connectivity index (χ0) is 55.0. The van der Waals surface area contributed by atoms with Crippen molar-refractivity contribution in [1.29, 1.82) is 0 Å². The molecule has 0 radical (unpaired) electrons. The molecule has 0 amide bonds. The summed E-state index contributed by atoms with van der Waals surface area (Å²) in [5.41, 5.74) is 0. The van der Waals surface area contributed by atoms with Crippen LogP contribution in [0.25, 0.3) is 0 Å². The summed E-state index contributed by atoms with van der Waals surface area (Å²) in [7, 11) is 0. The fourth-order valence-corrected chi connectivity index (χ4v) is 9.27. The van der Waals surface area contributed by atoms with Gasteiger partial charge in [-0.05, 0) is 96.3 Å². The van der Waals surface area contributed by atoms with Crippen molar-refractivity contribution >= 4 is 17.9 Å². The van der Waals surface area contributed by atoms with E-state index < -0.39 is 6.10 Å². The van der Waals surface area contributed by atoms with Crippen molar-refractivity contribution < 1.29 is 28.6 Å². The molecule has 0 aromatic carbocycles. The van der Waals surface area contributed by atoms with E-state index in [0.29, 0.717) is 19.3 Å². The second-order valence-electron chi connectivity index (χ2n) is 21.6. The first-order valence-electron chi connectivity index (χ1n) is 32.6. The lowest BCUT2D eigenvalue weighted by Crippen LogP contribution is -2.30. The van der Waals surface area contributed by atoms with Crippen LogP contribution in [0.15, 0.2) is 85.1 Å². The zero-order valence-electron chi connectivity index (χ0n) is 50.3. The smallest absolute Gasteiger partial charge is 0.306 e. The Bertz CT molecular complexity index is 1450. The quantitative estimate of drug-likeness (QED) is 0.0261. The lowest BCUT2D eigenvalue weighted by Gasteiger charge is -2.18.